The number of hydrogen-bond donors (Lipinski definition) is 0. The average Bonchev–Trinajstić information content (AvgIpc) is 2.25. The summed E-state index contributed by atoms with van der Waals surface area (Å²) in [5.41, 5.74) is 1.77. The third kappa shape index (κ3) is 2.11. The molecule has 1 spiro atoms. The first-order valence-electron chi connectivity index (χ1n) is 6.05. The summed E-state index contributed by atoms with van der Waals surface area (Å²) in [7, 11) is 0. The van der Waals surface area contributed by atoms with Gasteiger partial charge in [-0.1, -0.05) is 25.5 Å². The molecule has 0 aromatic heterocycles. The summed E-state index contributed by atoms with van der Waals surface area (Å²) in [6, 6.07) is 0. The van der Waals surface area contributed by atoms with Crippen molar-refractivity contribution >= 4 is 0 Å². The highest BCUT2D eigenvalue weighted by atomic mass is 16.7. The molecule has 0 N–H and O–H groups in total. The van der Waals surface area contributed by atoms with Crippen LogP contribution in [0.1, 0.15) is 40.0 Å². The molecule has 2 nitrogen and oxygen atoms in total. The maximum Gasteiger partial charge on any atom is 0.157 e. The molecule has 1 aliphatic carbocycles. The third-order valence-corrected chi connectivity index (χ3v) is 3.98. The molecular formula is C13H22O2. The van der Waals surface area contributed by atoms with Gasteiger partial charge in [0.2, 0.25) is 0 Å². The summed E-state index contributed by atoms with van der Waals surface area (Å²) in [5.74, 6) is 0.681. The Hall–Kier alpha value is -0.340. The Balaban J connectivity index is 2.03. The molecule has 86 valence electrons. The number of allylic oxidation sites excluding steroid dienone is 2. The highest BCUT2D eigenvalue weighted by molar-refractivity contribution is 5.10. The molecule has 1 saturated heterocycles. The van der Waals surface area contributed by atoms with Gasteiger partial charge in [0.1, 0.15) is 0 Å². The number of ether oxygens (including phenoxy) is 2. The lowest BCUT2D eigenvalue weighted by atomic mass is 9.68. The van der Waals surface area contributed by atoms with Gasteiger partial charge in [0.15, 0.2) is 6.29 Å². The monoisotopic (exact) mass is 210 g/mol. The van der Waals surface area contributed by atoms with Crippen LogP contribution in [0.15, 0.2) is 11.6 Å². The SMILES string of the molecule is CCC1OCC2(CC=C(C)CC2C)CO1. The smallest absolute Gasteiger partial charge is 0.157 e. The van der Waals surface area contributed by atoms with Gasteiger partial charge in [0, 0.05) is 5.41 Å². The molecule has 0 amide bonds. The number of rotatable bonds is 1. The highest BCUT2D eigenvalue weighted by Crippen LogP contribution is 2.43. The van der Waals surface area contributed by atoms with Gasteiger partial charge in [-0.25, -0.2) is 0 Å². The molecule has 2 heteroatoms. The molecule has 1 fully saturated rings. The summed E-state index contributed by atoms with van der Waals surface area (Å²) >= 11 is 0. The van der Waals surface area contributed by atoms with Crippen molar-refractivity contribution in [3.8, 4) is 0 Å². The van der Waals surface area contributed by atoms with Gasteiger partial charge in [-0.15, -0.1) is 0 Å². The van der Waals surface area contributed by atoms with Crippen molar-refractivity contribution < 1.29 is 9.47 Å². The molecule has 0 radical (unpaired) electrons. The van der Waals surface area contributed by atoms with Crippen molar-refractivity contribution in [3.05, 3.63) is 11.6 Å². The van der Waals surface area contributed by atoms with Crippen molar-refractivity contribution in [1.29, 1.82) is 0 Å². The van der Waals surface area contributed by atoms with Gasteiger partial charge >= 0.3 is 0 Å². The minimum atomic E-state index is 0.0369. The Morgan fingerprint density at radius 1 is 1.40 bits per heavy atom. The zero-order valence-electron chi connectivity index (χ0n) is 10.1. The van der Waals surface area contributed by atoms with E-state index in [9.17, 15) is 0 Å². The minimum Gasteiger partial charge on any atom is -0.352 e. The van der Waals surface area contributed by atoms with Gasteiger partial charge in [0.25, 0.3) is 0 Å². The van der Waals surface area contributed by atoms with Crippen molar-refractivity contribution in [2.24, 2.45) is 11.3 Å². The van der Waals surface area contributed by atoms with E-state index in [0.717, 1.165) is 26.1 Å². The van der Waals surface area contributed by atoms with E-state index in [2.05, 4.69) is 26.8 Å². The van der Waals surface area contributed by atoms with Crippen LogP contribution in [-0.4, -0.2) is 19.5 Å². The fraction of sp³-hybridized carbons (Fsp3) is 0.846. The Labute approximate surface area is 92.6 Å². The van der Waals surface area contributed by atoms with E-state index in [1.54, 1.807) is 0 Å². The van der Waals surface area contributed by atoms with Crippen molar-refractivity contribution in [3.63, 3.8) is 0 Å². The average molecular weight is 210 g/mol. The van der Waals surface area contributed by atoms with E-state index in [0.29, 0.717) is 5.92 Å². The van der Waals surface area contributed by atoms with Gasteiger partial charge in [-0.3, -0.25) is 0 Å². The maximum absolute atomic E-state index is 5.77. The Bertz CT molecular complexity index is 249. The first-order chi connectivity index (χ1) is 7.16. The molecule has 0 aromatic rings. The van der Waals surface area contributed by atoms with Crippen LogP contribution in [0.3, 0.4) is 0 Å². The van der Waals surface area contributed by atoms with Crippen LogP contribution in [-0.2, 0) is 9.47 Å². The van der Waals surface area contributed by atoms with Gasteiger partial charge in [0.05, 0.1) is 13.2 Å². The zero-order valence-corrected chi connectivity index (χ0v) is 10.1. The van der Waals surface area contributed by atoms with Crippen molar-refractivity contribution in [2.75, 3.05) is 13.2 Å². The quantitative estimate of drug-likeness (QED) is 0.619. The van der Waals surface area contributed by atoms with Crippen molar-refractivity contribution in [1.82, 2.24) is 0 Å². The molecule has 1 atom stereocenters. The van der Waals surface area contributed by atoms with E-state index in [1.165, 1.54) is 12.0 Å². The second kappa shape index (κ2) is 4.26. The summed E-state index contributed by atoms with van der Waals surface area (Å²) in [6.07, 6.45) is 5.67. The topological polar surface area (TPSA) is 18.5 Å². The Morgan fingerprint density at radius 3 is 2.60 bits per heavy atom. The molecule has 0 aromatic carbocycles. The minimum absolute atomic E-state index is 0.0369. The van der Waals surface area contributed by atoms with E-state index < -0.39 is 0 Å². The molecule has 15 heavy (non-hydrogen) atoms. The molecule has 0 saturated carbocycles. The predicted octanol–water partition coefficient (Wildman–Crippen LogP) is 3.13. The largest absolute Gasteiger partial charge is 0.352 e. The van der Waals surface area contributed by atoms with E-state index in [1.807, 2.05) is 0 Å². The van der Waals surface area contributed by atoms with Crippen LogP contribution in [0.2, 0.25) is 0 Å². The van der Waals surface area contributed by atoms with Crippen LogP contribution in [0.5, 0.6) is 0 Å². The summed E-state index contributed by atoms with van der Waals surface area (Å²) < 4.78 is 11.5. The number of hydrogen-bond acceptors (Lipinski definition) is 2. The normalized spacial score (nSPS) is 41.7. The van der Waals surface area contributed by atoms with E-state index in [4.69, 9.17) is 9.47 Å². The van der Waals surface area contributed by atoms with E-state index >= 15 is 0 Å². The first-order valence-corrected chi connectivity index (χ1v) is 6.05. The second-order valence-electron chi connectivity index (χ2n) is 5.18. The lowest BCUT2D eigenvalue weighted by molar-refractivity contribution is -0.241. The molecular weight excluding hydrogens is 188 g/mol. The molecule has 0 bridgehead atoms. The molecule has 2 rings (SSSR count). The van der Waals surface area contributed by atoms with Crippen LogP contribution < -0.4 is 0 Å². The van der Waals surface area contributed by atoms with Crippen LogP contribution in [0, 0.1) is 11.3 Å². The first kappa shape index (κ1) is 11.2. The molecule has 1 unspecified atom stereocenters. The molecule has 2 aliphatic rings. The van der Waals surface area contributed by atoms with Gasteiger partial charge in [-0.05, 0) is 32.1 Å². The summed E-state index contributed by atoms with van der Waals surface area (Å²) in [5, 5.41) is 0. The molecule has 1 heterocycles. The summed E-state index contributed by atoms with van der Waals surface area (Å²) in [4.78, 5) is 0. The van der Waals surface area contributed by atoms with Gasteiger partial charge in [-0.2, -0.15) is 0 Å². The second-order valence-corrected chi connectivity index (χ2v) is 5.18. The summed E-state index contributed by atoms with van der Waals surface area (Å²) in [6.45, 7) is 8.40. The fourth-order valence-electron chi connectivity index (χ4n) is 2.61. The maximum atomic E-state index is 5.77. The zero-order chi connectivity index (χ0) is 10.9. The Kier molecular flexibility index (Phi) is 3.17. The lowest BCUT2D eigenvalue weighted by Gasteiger charge is -2.45. The molecule has 1 aliphatic heterocycles. The Morgan fingerprint density at radius 2 is 2.07 bits per heavy atom. The third-order valence-electron chi connectivity index (χ3n) is 3.98. The fourth-order valence-corrected chi connectivity index (χ4v) is 2.61. The predicted molar refractivity (Wildman–Crippen MR) is 60.6 cm³/mol. The van der Waals surface area contributed by atoms with Gasteiger partial charge < -0.3 is 9.47 Å². The van der Waals surface area contributed by atoms with Crippen molar-refractivity contribution in [2.45, 2.75) is 46.3 Å². The van der Waals surface area contributed by atoms with Crippen LogP contribution in [0.4, 0.5) is 0 Å². The lowest BCUT2D eigenvalue weighted by Crippen LogP contribution is -2.46. The standard InChI is InChI=1S/C13H22O2/c1-4-12-14-8-13(9-15-12)6-5-10(2)7-11(13)3/h5,11-12H,4,6-9H2,1-3H3. The van der Waals surface area contributed by atoms with E-state index in [-0.39, 0.29) is 11.7 Å². The highest BCUT2D eigenvalue weighted by Gasteiger charge is 2.41. The van der Waals surface area contributed by atoms with Crippen LogP contribution in [0.25, 0.3) is 0 Å². The van der Waals surface area contributed by atoms with Crippen LogP contribution >= 0.6 is 0 Å².